The van der Waals surface area contributed by atoms with E-state index in [1.165, 1.54) is 18.4 Å². The Bertz CT molecular complexity index is 270. The van der Waals surface area contributed by atoms with Gasteiger partial charge in [-0.1, -0.05) is 31.2 Å². The van der Waals surface area contributed by atoms with Gasteiger partial charge in [0.1, 0.15) is 0 Å². The average Bonchev–Trinajstić information content (AvgIpc) is 2.85. The molecule has 1 aromatic rings. The van der Waals surface area contributed by atoms with E-state index in [4.69, 9.17) is 5.11 Å². The van der Waals surface area contributed by atoms with Crippen LogP contribution in [-0.2, 0) is 12.0 Å². The van der Waals surface area contributed by atoms with Gasteiger partial charge in [-0.05, 0) is 29.4 Å². The standard InChI is InChI=1S/C11H14O/c1-11(6-7-11)10-4-2-9(8-12)3-5-10/h2-5,12H,6-8H2,1H3. The zero-order chi connectivity index (χ0) is 8.60. The smallest absolute Gasteiger partial charge is 0.0681 e. The number of aliphatic hydroxyl groups is 1. The molecule has 0 amide bonds. The molecular formula is C11H14O. The molecule has 0 atom stereocenters. The summed E-state index contributed by atoms with van der Waals surface area (Å²) in [6.45, 7) is 2.44. The molecule has 12 heavy (non-hydrogen) atoms. The van der Waals surface area contributed by atoms with Crippen LogP contribution < -0.4 is 0 Å². The van der Waals surface area contributed by atoms with Crippen molar-refractivity contribution < 1.29 is 5.11 Å². The molecule has 0 radical (unpaired) electrons. The lowest BCUT2D eigenvalue weighted by molar-refractivity contribution is 0.282. The van der Waals surface area contributed by atoms with Crippen molar-refractivity contribution in [3.8, 4) is 0 Å². The topological polar surface area (TPSA) is 20.2 Å². The van der Waals surface area contributed by atoms with Gasteiger partial charge in [0.2, 0.25) is 0 Å². The number of benzene rings is 1. The van der Waals surface area contributed by atoms with E-state index in [1.54, 1.807) is 0 Å². The highest BCUT2D eigenvalue weighted by Crippen LogP contribution is 2.47. The summed E-state index contributed by atoms with van der Waals surface area (Å²) in [5.41, 5.74) is 2.87. The normalized spacial score (nSPS) is 19.2. The number of hydrogen-bond donors (Lipinski definition) is 1. The Kier molecular flexibility index (Phi) is 1.69. The first-order valence-corrected chi connectivity index (χ1v) is 4.45. The Hall–Kier alpha value is -0.820. The first-order chi connectivity index (χ1) is 5.74. The van der Waals surface area contributed by atoms with Crippen LogP contribution in [0.5, 0.6) is 0 Å². The van der Waals surface area contributed by atoms with E-state index in [-0.39, 0.29) is 6.61 Å². The van der Waals surface area contributed by atoms with Gasteiger partial charge in [0.15, 0.2) is 0 Å². The maximum Gasteiger partial charge on any atom is 0.0681 e. The molecule has 0 heterocycles. The zero-order valence-corrected chi connectivity index (χ0v) is 7.38. The molecule has 1 aliphatic rings. The van der Waals surface area contributed by atoms with E-state index >= 15 is 0 Å². The third kappa shape index (κ3) is 1.25. The minimum atomic E-state index is 0.150. The van der Waals surface area contributed by atoms with Gasteiger partial charge in [-0.3, -0.25) is 0 Å². The molecule has 0 aliphatic heterocycles. The van der Waals surface area contributed by atoms with Crippen molar-refractivity contribution in [2.75, 3.05) is 0 Å². The zero-order valence-electron chi connectivity index (χ0n) is 7.38. The van der Waals surface area contributed by atoms with Gasteiger partial charge in [-0.2, -0.15) is 0 Å². The van der Waals surface area contributed by atoms with Crippen LogP contribution in [0.2, 0.25) is 0 Å². The van der Waals surface area contributed by atoms with Gasteiger partial charge in [0.25, 0.3) is 0 Å². The average molecular weight is 162 g/mol. The fourth-order valence-corrected chi connectivity index (χ4v) is 1.49. The summed E-state index contributed by atoms with van der Waals surface area (Å²) in [6.07, 6.45) is 2.62. The Balaban J connectivity index is 2.25. The fraction of sp³-hybridized carbons (Fsp3) is 0.455. The molecule has 1 N–H and O–H groups in total. The summed E-state index contributed by atoms with van der Waals surface area (Å²) in [4.78, 5) is 0. The Morgan fingerprint density at radius 1 is 1.25 bits per heavy atom. The second kappa shape index (κ2) is 2.60. The van der Waals surface area contributed by atoms with Crippen LogP contribution in [0.4, 0.5) is 0 Å². The van der Waals surface area contributed by atoms with Crippen molar-refractivity contribution in [2.45, 2.75) is 31.8 Å². The van der Waals surface area contributed by atoms with Crippen LogP contribution in [0, 0.1) is 0 Å². The maximum absolute atomic E-state index is 8.85. The second-order valence-electron chi connectivity index (χ2n) is 3.92. The lowest BCUT2D eigenvalue weighted by atomic mass is 9.97. The summed E-state index contributed by atoms with van der Waals surface area (Å²) >= 11 is 0. The van der Waals surface area contributed by atoms with Crippen molar-refractivity contribution in [3.63, 3.8) is 0 Å². The van der Waals surface area contributed by atoms with Crippen LogP contribution in [0.3, 0.4) is 0 Å². The first kappa shape index (κ1) is 7.81. The highest BCUT2D eigenvalue weighted by Gasteiger charge is 2.38. The number of hydrogen-bond acceptors (Lipinski definition) is 1. The van der Waals surface area contributed by atoms with Gasteiger partial charge in [-0.15, -0.1) is 0 Å². The molecule has 1 fully saturated rings. The van der Waals surface area contributed by atoms with E-state index < -0.39 is 0 Å². The van der Waals surface area contributed by atoms with E-state index in [1.807, 2.05) is 12.1 Å². The molecule has 0 unspecified atom stereocenters. The summed E-state index contributed by atoms with van der Waals surface area (Å²) in [7, 11) is 0. The lowest BCUT2D eigenvalue weighted by Gasteiger charge is -2.08. The van der Waals surface area contributed by atoms with E-state index in [2.05, 4.69) is 19.1 Å². The predicted molar refractivity (Wildman–Crippen MR) is 49.0 cm³/mol. The van der Waals surface area contributed by atoms with E-state index in [0.29, 0.717) is 5.41 Å². The van der Waals surface area contributed by atoms with Crippen molar-refractivity contribution in [1.29, 1.82) is 0 Å². The molecule has 1 saturated carbocycles. The molecule has 1 heteroatoms. The summed E-state index contributed by atoms with van der Waals surface area (Å²) < 4.78 is 0. The third-order valence-electron chi connectivity index (χ3n) is 2.83. The number of rotatable bonds is 2. The molecule has 64 valence electrons. The highest BCUT2D eigenvalue weighted by molar-refractivity contribution is 5.32. The Labute approximate surface area is 73.0 Å². The van der Waals surface area contributed by atoms with Gasteiger partial charge < -0.3 is 5.11 Å². The van der Waals surface area contributed by atoms with Crippen LogP contribution in [0.1, 0.15) is 30.9 Å². The molecular weight excluding hydrogens is 148 g/mol. The monoisotopic (exact) mass is 162 g/mol. The highest BCUT2D eigenvalue weighted by atomic mass is 16.3. The van der Waals surface area contributed by atoms with Crippen molar-refractivity contribution in [2.24, 2.45) is 0 Å². The number of aliphatic hydroxyl groups excluding tert-OH is 1. The molecule has 0 saturated heterocycles. The summed E-state index contributed by atoms with van der Waals surface area (Å²) in [6, 6.07) is 8.30. The quantitative estimate of drug-likeness (QED) is 0.707. The molecule has 1 nitrogen and oxygen atoms in total. The van der Waals surface area contributed by atoms with Gasteiger partial charge in [-0.25, -0.2) is 0 Å². The molecule has 0 bridgehead atoms. The van der Waals surface area contributed by atoms with Crippen LogP contribution >= 0.6 is 0 Å². The molecule has 0 aromatic heterocycles. The van der Waals surface area contributed by atoms with Crippen molar-refractivity contribution in [3.05, 3.63) is 35.4 Å². The molecule has 0 spiro atoms. The molecule has 1 aromatic carbocycles. The SMILES string of the molecule is CC1(c2ccc(CO)cc2)CC1. The van der Waals surface area contributed by atoms with Gasteiger partial charge >= 0.3 is 0 Å². The Morgan fingerprint density at radius 2 is 1.83 bits per heavy atom. The van der Waals surface area contributed by atoms with Crippen LogP contribution in [-0.4, -0.2) is 5.11 Å². The third-order valence-corrected chi connectivity index (χ3v) is 2.83. The van der Waals surface area contributed by atoms with Crippen LogP contribution in [0.15, 0.2) is 24.3 Å². The first-order valence-electron chi connectivity index (χ1n) is 4.45. The van der Waals surface area contributed by atoms with Gasteiger partial charge in [0, 0.05) is 0 Å². The summed E-state index contributed by atoms with van der Waals surface area (Å²) in [5, 5.41) is 8.85. The molecule has 1 aliphatic carbocycles. The van der Waals surface area contributed by atoms with Crippen molar-refractivity contribution in [1.82, 2.24) is 0 Å². The van der Waals surface area contributed by atoms with Crippen molar-refractivity contribution >= 4 is 0 Å². The summed E-state index contributed by atoms with van der Waals surface area (Å²) in [5.74, 6) is 0. The minimum absolute atomic E-state index is 0.150. The Morgan fingerprint density at radius 3 is 2.25 bits per heavy atom. The fourth-order valence-electron chi connectivity index (χ4n) is 1.49. The minimum Gasteiger partial charge on any atom is -0.392 e. The second-order valence-corrected chi connectivity index (χ2v) is 3.92. The maximum atomic E-state index is 8.85. The van der Waals surface area contributed by atoms with Gasteiger partial charge in [0.05, 0.1) is 6.61 Å². The van der Waals surface area contributed by atoms with E-state index in [9.17, 15) is 0 Å². The van der Waals surface area contributed by atoms with Crippen LogP contribution in [0.25, 0.3) is 0 Å². The lowest BCUT2D eigenvalue weighted by Crippen LogP contribution is -1.99. The molecule has 2 rings (SSSR count). The largest absolute Gasteiger partial charge is 0.392 e. The predicted octanol–water partition coefficient (Wildman–Crippen LogP) is 2.23. The van der Waals surface area contributed by atoms with E-state index in [0.717, 1.165) is 5.56 Å².